The van der Waals surface area contributed by atoms with Gasteiger partial charge in [-0.1, -0.05) is 12.1 Å². The van der Waals surface area contributed by atoms with Crippen molar-refractivity contribution in [3.8, 4) is 6.07 Å². The van der Waals surface area contributed by atoms with E-state index < -0.39 is 0 Å². The van der Waals surface area contributed by atoms with Gasteiger partial charge in [-0.3, -0.25) is 0 Å². The smallest absolute Gasteiger partial charge is 0.0991 e. The zero-order valence-electron chi connectivity index (χ0n) is 12.0. The van der Waals surface area contributed by atoms with Crippen molar-refractivity contribution in [2.45, 2.75) is 25.8 Å². The van der Waals surface area contributed by atoms with Gasteiger partial charge in [0, 0.05) is 44.4 Å². The van der Waals surface area contributed by atoms with Gasteiger partial charge in [-0.2, -0.15) is 5.26 Å². The van der Waals surface area contributed by atoms with E-state index in [1.807, 2.05) is 24.3 Å². The van der Waals surface area contributed by atoms with Gasteiger partial charge in [-0.15, -0.1) is 0 Å². The molecule has 1 aromatic carbocycles. The number of piperazine rings is 1. The molecule has 1 saturated heterocycles. The van der Waals surface area contributed by atoms with E-state index in [1.165, 1.54) is 0 Å². The lowest BCUT2D eigenvalue weighted by Crippen LogP contribution is -2.49. The van der Waals surface area contributed by atoms with Gasteiger partial charge in [0.2, 0.25) is 0 Å². The Morgan fingerprint density at radius 3 is 2.85 bits per heavy atom. The first-order chi connectivity index (χ1) is 9.67. The van der Waals surface area contributed by atoms with Crippen molar-refractivity contribution in [1.82, 2.24) is 10.2 Å². The van der Waals surface area contributed by atoms with Gasteiger partial charge in [0.1, 0.15) is 0 Å². The van der Waals surface area contributed by atoms with E-state index in [0.717, 1.165) is 43.9 Å². The molecule has 1 fully saturated rings. The van der Waals surface area contributed by atoms with Gasteiger partial charge < -0.3 is 15.6 Å². The topological polar surface area (TPSA) is 62.9 Å². The van der Waals surface area contributed by atoms with E-state index >= 15 is 0 Å². The SMILES string of the molecule is C[C@@H]1CN(CCC(=N)Cc2ccc(C#N)cc2)CCN1. The maximum absolute atomic E-state index is 8.76. The summed E-state index contributed by atoms with van der Waals surface area (Å²) in [6.07, 6.45) is 1.51. The quantitative estimate of drug-likeness (QED) is 0.802. The largest absolute Gasteiger partial charge is 0.312 e. The van der Waals surface area contributed by atoms with E-state index in [2.05, 4.69) is 23.2 Å². The summed E-state index contributed by atoms with van der Waals surface area (Å²) in [6, 6.07) is 10.2. The van der Waals surface area contributed by atoms with Crippen molar-refractivity contribution >= 4 is 5.71 Å². The fraction of sp³-hybridized carbons (Fsp3) is 0.500. The van der Waals surface area contributed by atoms with E-state index in [1.54, 1.807) is 0 Å². The summed E-state index contributed by atoms with van der Waals surface area (Å²) >= 11 is 0. The summed E-state index contributed by atoms with van der Waals surface area (Å²) in [6.45, 7) is 6.37. The van der Waals surface area contributed by atoms with Crippen LogP contribution in [0.15, 0.2) is 24.3 Å². The first-order valence-electron chi connectivity index (χ1n) is 7.18. The molecule has 2 rings (SSSR count). The van der Waals surface area contributed by atoms with Crippen molar-refractivity contribution in [2.75, 3.05) is 26.2 Å². The highest BCUT2D eigenvalue weighted by atomic mass is 15.2. The van der Waals surface area contributed by atoms with E-state index in [0.29, 0.717) is 18.0 Å². The van der Waals surface area contributed by atoms with Crippen LogP contribution in [-0.4, -0.2) is 42.8 Å². The van der Waals surface area contributed by atoms with Crippen molar-refractivity contribution in [3.63, 3.8) is 0 Å². The molecule has 0 spiro atoms. The predicted molar refractivity (Wildman–Crippen MR) is 81.1 cm³/mol. The minimum Gasteiger partial charge on any atom is -0.312 e. The van der Waals surface area contributed by atoms with Crippen LogP contribution in [0.4, 0.5) is 0 Å². The summed E-state index contributed by atoms with van der Waals surface area (Å²) in [5.74, 6) is 0. The first-order valence-corrected chi connectivity index (χ1v) is 7.18. The molecule has 0 radical (unpaired) electrons. The summed E-state index contributed by atoms with van der Waals surface area (Å²) in [5.41, 5.74) is 2.55. The average Bonchev–Trinajstić information content (AvgIpc) is 2.46. The molecule has 0 aliphatic carbocycles. The molecule has 1 aliphatic rings. The van der Waals surface area contributed by atoms with Crippen LogP contribution in [0.5, 0.6) is 0 Å². The molecular formula is C16H22N4. The summed E-state index contributed by atoms with van der Waals surface area (Å²) in [4.78, 5) is 2.43. The van der Waals surface area contributed by atoms with Crippen molar-refractivity contribution in [2.24, 2.45) is 0 Å². The number of benzene rings is 1. The molecule has 1 aromatic rings. The molecule has 4 nitrogen and oxygen atoms in total. The number of nitrogens with zero attached hydrogens (tertiary/aromatic N) is 2. The van der Waals surface area contributed by atoms with E-state index in [9.17, 15) is 0 Å². The second-order valence-electron chi connectivity index (χ2n) is 5.49. The number of hydrogen-bond acceptors (Lipinski definition) is 4. The Hall–Kier alpha value is -1.70. The monoisotopic (exact) mass is 270 g/mol. The molecule has 0 bridgehead atoms. The Kier molecular flexibility index (Phi) is 5.28. The Morgan fingerprint density at radius 1 is 1.45 bits per heavy atom. The summed E-state index contributed by atoms with van der Waals surface area (Å²) < 4.78 is 0. The molecule has 0 aromatic heterocycles. The third-order valence-corrected chi connectivity index (χ3v) is 3.68. The van der Waals surface area contributed by atoms with Crippen LogP contribution >= 0.6 is 0 Å². The lowest BCUT2D eigenvalue weighted by atomic mass is 10.0. The fourth-order valence-corrected chi connectivity index (χ4v) is 2.54. The molecule has 0 unspecified atom stereocenters. The minimum absolute atomic E-state index is 0.552. The standard InChI is InChI=1S/C16H22N4/c1-13-12-20(9-7-19-13)8-6-16(18)10-14-2-4-15(11-17)5-3-14/h2-5,13,18-19H,6-10,12H2,1H3/t13-/m1/s1. The maximum atomic E-state index is 8.76. The number of hydrogen-bond donors (Lipinski definition) is 2. The van der Waals surface area contributed by atoms with Gasteiger partial charge in [-0.05, 0) is 31.0 Å². The number of nitriles is 1. The van der Waals surface area contributed by atoms with Gasteiger partial charge >= 0.3 is 0 Å². The van der Waals surface area contributed by atoms with Crippen LogP contribution in [0.25, 0.3) is 0 Å². The van der Waals surface area contributed by atoms with E-state index in [-0.39, 0.29) is 0 Å². The van der Waals surface area contributed by atoms with Crippen LogP contribution in [0, 0.1) is 16.7 Å². The van der Waals surface area contributed by atoms with Gasteiger partial charge in [0.05, 0.1) is 11.6 Å². The molecule has 20 heavy (non-hydrogen) atoms. The average molecular weight is 270 g/mol. The molecule has 0 saturated carbocycles. The second kappa shape index (κ2) is 7.18. The van der Waals surface area contributed by atoms with Gasteiger partial charge in [0.25, 0.3) is 0 Å². The van der Waals surface area contributed by atoms with Crippen LogP contribution in [-0.2, 0) is 6.42 Å². The van der Waals surface area contributed by atoms with Gasteiger partial charge in [-0.25, -0.2) is 0 Å². The third-order valence-electron chi connectivity index (χ3n) is 3.68. The maximum Gasteiger partial charge on any atom is 0.0991 e. The first kappa shape index (κ1) is 14.7. The lowest BCUT2D eigenvalue weighted by molar-refractivity contribution is 0.212. The predicted octanol–water partition coefficient (Wildman–Crippen LogP) is 1.80. The fourth-order valence-electron chi connectivity index (χ4n) is 2.54. The summed E-state index contributed by atoms with van der Waals surface area (Å²) in [5, 5.41) is 20.3. The Labute approximate surface area is 120 Å². The minimum atomic E-state index is 0.552. The molecule has 1 aliphatic heterocycles. The third kappa shape index (κ3) is 4.44. The highest BCUT2D eigenvalue weighted by Crippen LogP contribution is 2.07. The highest BCUT2D eigenvalue weighted by Gasteiger charge is 2.15. The van der Waals surface area contributed by atoms with Crippen LogP contribution in [0.2, 0.25) is 0 Å². The highest BCUT2D eigenvalue weighted by molar-refractivity contribution is 5.83. The molecule has 4 heteroatoms. The molecule has 106 valence electrons. The lowest BCUT2D eigenvalue weighted by Gasteiger charge is -2.31. The molecule has 0 amide bonds. The van der Waals surface area contributed by atoms with Gasteiger partial charge in [0.15, 0.2) is 0 Å². The normalized spacial score (nSPS) is 19.5. The zero-order chi connectivity index (χ0) is 14.4. The second-order valence-corrected chi connectivity index (χ2v) is 5.49. The Bertz CT molecular complexity index is 486. The number of nitrogens with one attached hydrogen (secondary N) is 2. The van der Waals surface area contributed by atoms with Crippen molar-refractivity contribution in [1.29, 1.82) is 10.7 Å². The van der Waals surface area contributed by atoms with Crippen LogP contribution in [0.1, 0.15) is 24.5 Å². The molecule has 1 heterocycles. The van der Waals surface area contributed by atoms with Crippen molar-refractivity contribution < 1.29 is 0 Å². The molecular weight excluding hydrogens is 248 g/mol. The van der Waals surface area contributed by atoms with Crippen LogP contribution in [0.3, 0.4) is 0 Å². The van der Waals surface area contributed by atoms with E-state index in [4.69, 9.17) is 10.7 Å². The van der Waals surface area contributed by atoms with Crippen LogP contribution < -0.4 is 5.32 Å². The molecule has 1 atom stereocenters. The summed E-state index contributed by atoms with van der Waals surface area (Å²) in [7, 11) is 0. The Balaban J connectivity index is 1.76. The zero-order valence-corrected chi connectivity index (χ0v) is 12.0. The number of rotatable bonds is 5. The molecule has 2 N–H and O–H groups in total. The Morgan fingerprint density at radius 2 is 2.20 bits per heavy atom. The van der Waals surface area contributed by atoms with Crippen molar-refractivity contribution in [3.05, 3.63) is 35.4 Å².